The van der Waals surface area contributed by atoms with Gasteiger partial charge < -0.3 is 5.32 Å². The molecule has 1 rings (SSSR count). The van der Waals surface area contributed by atoms with Crippen LogP contribution in [0.3, 0.4) is 0 Å². The van der Waals surface area contributed by atoms with Gasteiger partial charge in [0.05, 0.1) is 5.37 Å². The molecule has 1 atom stereocenters. The summed E-state index contributed by atoms with van der Waals surface area (Å²) in [6.07, 6.45) is 2.65. The van der Waals surface area contributed by atoms with Crippen LogP contribution in [0.5, 0.6) is 0 Å². The van der Waals surface area contributed by atoms with Gasteiger partial charge in [0.1, 0.15) is 0 Å². The van der Waals surface area contributed by atoms with E-state index < -0.39 is 0 Å². The molecule has 0 saturated carbocycles. The van der Waals surface area contributed by atoms with Gasteiger partial charge in [-0.2, -0.15) is 0 Å². The molecule has 0 spiro atoms. The fourth-order valence-electron chi connectivity index (χ4n) is 0.928. The second-order valence-corrected chi connectivity index (χ2v) is 3.41. The fraction of sp³-hybridized carbons (Fsp3) is 1.00. The summed E-state index contributed by atoms with van der Waals surface area (Å²) in [6, 6.07) is 0. The summed E-state index contributed by atoms with van der Waals surface area (Å²) >= 11 is 2.06. The summed E-state index contributed by atoms with van der Waals surface area (Å²) < 4.78 is 0. The SMILES string of the molecule is CCC[C@H]1NCCS1. The highest BCUT2D eigenvalue weighted by Gasteiger charge is 2.11. The quantitative estimate of drug-likeness (QED) is 0.608. The summed E-state index contributed by atoms with van der Waals surface area (Å²) in [7, 11) is 0. The molecule has 0 aliphatic carbocycles. The molecule has 1 nitrogen and oxygen atoms in total. The fourth-order valence-corrected chi connectivity index (χ4v) is 2.09. The van der Waals surface area contributed by atoms with Crippen LogP contribution in [0.1, 0.15) is 19.8 Å². The van der Waals surface area contributed by atoms with Crippen molar-refractivity contribution in [3.63, 3.8) is 0 Å². The molecule has 0 aromatic heterocycles. The van der Waals surface area contributed by atoms with E-state index in [1.165, 1.54) is 25.1 Å². The first-order valence-corrected chi connectivity index (χ1v) is 4.33. The lowest BCUT2D eigenvalue weighted by Crippen LogP contribution is -2.18. The number of hydrogen-bond acceptors (Lipinski definition) is 2. The van der Waals surface area contributed by atoms with Gasteiger partial charge >= 0.3 is 0 Å². The monoisotopic (exact) mass is 131 g/mol. The van der Waals surface area contributed by atoms with Crippen molar-refractivity contribution in [1.29, 1.82) is 0 Å². The van der Waals surface area contributed by atoms with Crippen LogP contribution in [0, 0.1) is 0 Å². The van der Waals surface area contributed by atoms with Crippen molar-refractivity contribution in [3.8, 4) is 0 Å². The van der Waals surface area contributed by atoms with Gasteiger partial charge in [0.2, 0.25) is 0 Å². The van der Waals surface area contributed by atoms with Gasteiger partial charge in [-0.15, -0.1) is 11.8 Å². The molecule has 0 unspecified atom stereocenters. The third-order valence-corrected chi connectivity index (χ3v) is 2.59. The van der Waals surface area contributed by atoms with E-state index in [4.69, 9.17) is 0 Å². The van der Waals surface area contributed by atoms with Gasteiger partial charge in [-0.25, -0.2) is 0 Å². The van der Waals surface area contributed by atoms with Gasteiger partial charge in [-0.05, 0) is 6.42 Å². The predicted molar refractivity (Wildman–Crippen MR) is 39.2 cm³/mol. The van der Waals surface area contributed by atoms with Crippen molar-refractivity contribution in [2.45, 2.75) is 25.1 Å². The normalized spacial score (nSPS) is 28.9. The highest BCUT2D eigenvalue weighted by Crippen LogP contribution is 2.17. The van der Waals surface area contributed by atoms with Crippen molar-refractivity contribution in [2.75, 3.05) is 12.3 Å². The van der Waals surface area contributed by atoms with E-state index in [9.17, 15) is 0 Å². The Hall–Kier alpha value is 0.310. The summed E-state index contributed by atoms with van der Waals surface area (Å²) in [6.45, 7) is 3.45. The van der Waals surface area contributed by atoms with Crippen LogP contribution in [-0.4, -0.2) is 17.7 Å². The summed E-state index contributed by atoms with van der Waals surface area (Å²) in [5, 5.41) is 4.20. The number of hydrogen-bond donors (Lipinski definition) is 1. The molecule has 0 aromatic carbocycles. The summed E-state index contributed by atoms with van der Waals surface area (Å²) in [5.41, 5.74) is 0. The largest absolute Gasteiger partial charge is 0.305 e. The van der Waals surface area contributed by atoms with Gasteiger partial charge in [0.15, 0.2) is 0 Å². The second-order valence-electron chi connectivity index (χ2n) is 2.10. The van der Waals surface area contributed by atoms with Crippen molar-refractivity contribution < 1.29 is 0 Å². The van der Waals surface area contributed by atoms with Crippen LogP contribution in [0.4, 0.5) is 0 Å². The predicted octanol–water partition coefficient (Wildman–Crippen LogP) is 1.45. The first-order valence-electron chi connectivity index (χ1n) is 3.28. The number of nitrogens with one attached hydrogen (secondary N) is 1. The Morgan fingerprint density at radius 3 is 3.12 bits per heavy atom. The van der Waals surface area contributed by atoms with E-state index in [1.807, 2.05) is 0 Å². The minimum Gasteiger partial charge on any atom is -0.305 e. The van der Waals surface area contributed by atoms with Crippen LogP contribution >= 0.6 is 11.8 Å². The zero-order valence-electron chi connectivity index (χ0n) is 5.31. The smallest absolute Gasteiger partial charge is 0.0532 e. The third-order valence-electron chi connectivity index (χ3n) is 1.34. The Kier molecular flexibility index (Phi) is 2.70. The van der Waals surface area contributed by atoms with E-state index in [0.717, 1.165) is 5.37 Å². The van der Waals surface area contributed by atoms with E-state index in [2.05, 4.69) is 24.0 Å². The number of thioether (sulfide) groups is 1. The Bertz CT molecular complexity index is 59.5. The molecule has 0 aromatic rings. The van der Waals surface area contributed by atoms with Crippen LogP contribution in [0.2, 0.25) is 0 Å². The molecule has 1 saturated heterocycles. The molecule has 1 aliphatic heterocycles. The lowest BCUT2D eigenvalue weighted by Gasteiger charge is -2.04. The molecule has 0 radical (unpaired) electrons. The third kappa shape index (κ3) is 1.67. The molecule has 2 heteroatoms. The van der Waals surface area contributed by atoms with Crippen LogP contribution < -0.4 is 5.32 Å². The van der Waals surface area contributed by atoms with E-state index in [1.54, 1.807) is 0 Å². The van der Waals surface area contributed by atoms with Crippen molar-refractivity contribution in [3.05, 3.63) is 0 Å². The van der Waals surface area contributed by atoms with Crippen molar-refractivity contribution >= 4 is 11.8 Å². The van der Waals surface area contributed by atoms with E-state index in [-0.39, 0.29) is 0 Å². The van der Waals surface area contributed by atoms with Gasteiger partial charge in [-0.1, -0.05) is 13.3 Å². The lowest BCUT2D eigenvalue weighted by molar-refractivity contribution is 0.649. The Morgan fingerprint density at radius 2 is 2.62 bits per heavy atom. The molecule has 8 heavy (non-hydrogen) atoms. The van der Waals surface area contributed by atoms with Gasteiger partial charge in [0.25, 0.3) is 0 Å². The maximum Gasteiger partial charge on any atom is 0.0532 e. The Morgan fingerprint density at radius 1 is 1.75 bits per heavy atom. The molecule has 1 fully saturated rings. The molecule has 48 valence electrons. The van der Waals surface area contributed by atoms with Crippen LogP contribution in [-0.2, 0) is 0 Å². The standard InChI is InChI=1S/C6H13NS/c1-2-3-6-7-4-5-8-6/h6-7H,2-5H2,1H3/t6-/m0/s1. The average molecular weight is 131 g/mol. The first-order chi connectivity index (χ1) is 3.93. The highest BCUT2D eigenvalue weighted by atomic mass is 32.2. The minimum absolute atomic E-state index is 0.778. The van der Waals surface area contributed by atoms with Crippen molar-refractivity contribution in [1.82, 2.24) is 5.32 Å². The number of rotatable bonds is 2. The zero-order valence-corrected chi connectivity index (χ0v) is 6.13. The molecule has 0 bridgehead atoms. The Labute approximate surface area is 55.2 Å². The maximum atomic E-state index is 3.42. The average Bonchev–Trinajstić information content (AvgIpc) is 2.19. The molecule has 1 N–H and O–H groups in total. The highest BCUT2D eigenvalue weighted by molar-refractivity contribution is 8.00. The topological polar surface area (TPSA) is 12.0 Å². The molecule has 1 heterocycles. The zero-order chi connectivity index (χ0) is 5.82. The molecular formula is C6H13NS. The summed E-state index contributed by atoms with van der Waals surface area (Å²) in [4.78, 5) is 0. The van der Waals surface area contributed by atoms with E-state index in [0.29, 0.717) is 0 Å². The van der Waals surface area contributed by atoms with E-state index >= 15 is 0 Å². The molecule has 1 aliphatic rings. The molecular weight excluding hydrogens is 118 g/mol. The van der Waals surface area contributed by atoms with Gasteiger partial charge in [0, 0.05) is 12.3 Å². The Balaban J connectivity index is 2.06. The van der Waals surface area contributed by atoms with Crippen LogP contribution in [0.25, 0.3) is 0 Å². The lowest BCUT2D eigenvalue weighted by atomic mass is 10.3. The molecule has 0 amide bonds. The van der Waals surface area contributed by atoms with Gasteiger partial charge in [-0.3, -0.25) is 0 Å². The van der Waals surface area contributed by atoms with Crippen molar-refractivity contribution in [2.24, 2.45) is 0 Å². The minimum atomic E-state index is 0.778. The second kappa shape index (κ2) is 3.36. The maximum absolute atomic E-state index is 3.42. The first kappa shape index (κ1) is 6.43. The van der Waals surface area contributed by atoms with Crippen LogP contribution in [0.15, 0.2) is 0 Å². The summed E-state index contributed by atoms with van der Waals surface area (Å²) in [5.74, 6) is 1.31.